The van der Waals surface area contributed by atoms with Crippen LogP contribution in [0.15, 0.2) is 48.5 Å². The molecule has 0 aliphatic rings. The molecule has 20 heavy (non-hydrogen) atoms. The highest BCUT2D eigenvalue weighted by Gasteiger charge is 2.06. The van der Waals surface area contributed by atoms with Crippen molar-refractivity contribution >= 4 is 28.4 Å². The van der Waals surface area contributed by atoms with Crippen LogP contribution >= 0.6 is 22.6 Å². The van der Waals surface area contributed by atoms with E-state index in [1.165, 1.54) is 5.56 Å². The average Bonchev–Trinajstić information content (AvgIpc) is 2.47. The highest BCUT2D eigenvalue weighted by molar-refractivity contribution is 14.1. The number of Topliss-reactive ketones (excluding diaryl/α,β-unsaturated/α-hetero) is 1. The van der Waals surface area contributed by atoms with Gasteiger partial charge in [0.25, 0.3) is 0 Å². The number of hydrogen-bond donors (Lipinski definition) is 0. The van der Waals surface area contributed by atoms with Crippen molar-refractivity contribution in [1.82, 2.24) is 0 Å². The first-order valence-electron chi connectivity index (χ1n) is 6.69. The van der Waals surface area contributed by atoms with Crippen LogP contribution < -0.4 is 4.74 Å². The molecular weight excluding hydrogens is 363 g/mol. The van der Waals surface area contributed by atoms with Gasteiger partial charge in [-0.2, -0.15) is 0 Å². The van der Waals surface area contributed by atoms with Gasteiger partial charge in [-0.25, -0.2) is 0 Å². The molecular formula is C17H17IO2. The Bertz CT molecular complexity index is 559. The molecule has 0 radical (unpaired) electrons. The molecule has 0 heterocycles. The van der Waals surface area contributed by atoms with Crippen LogP contribution in [-0.4, -0.2) is 12.4 Å². The van der Waals surface area contributed by atoms with Crippen LogP contribution in [0.3, 0.4) is 0 Å². The average molecular weight is 380 g/mol. The van der Waals surface area contributed by atoms with Gasteiger partial charge in [0.2, 0.25) is 0 Å². The number of carbonyl (C=O) groups excluding carboxylic acids is 1. The summed E-state index contributed by atoms with van der Waals surface area (Å²) >= 11 is 2.22. The van der Waals surface area contributed by atoms with Crippen LogP contribution in [0.25, 0.3) is 0 Å². The maximum absolute atomic E-state index is 12.0. The predicted octanol–water partition coefficient (Wildman–Crippen LogP) is 4.51. The molecule has 0 aliphatic heterocycles. The number of halogens is 1. The lowest BCUT2D eigenvalue weighted by Crippen LogP contribution is -2.11. The Kier molecular flexibility index (Phi) is 5.59. The molecule has 3 heteroatoms. The topological polar surface area (TPSA) is 26.3 Å². The Labute approximate surface area is 133 Å². The summed E-state index contributed by atoms with van der Waals surface area (Å²) in [5.41, 5.74) is 1.98. The maximum atomic E-state index is 12.0. The van der Waals surface area contributed by atoms with Crippen molar-refractivity contribution < 1.29 is 9.53 Å². The second-order valence-electron chi connectivity index (χ2n) is 4.61. The largest absolute Gasteiger partial charge is 0.485 e. The Morgan fingerprint density at radius 2 is 1.70 bits per heavy atom. The number of ketones is 1. The fraction of sp³-hybridized carbons (Fsp3) is 0.235. The molecule has 0 fully saturated rings. The summed E-state index contributed by atoms with van der Waals surface area (Å²) in [4.78, 5) is 12.0. The van der Waals surface area contributed by atoms with Gasteiger partial charge in [-0.15, -0.1) is 0 Å². The molecule has 0 saturated carbocycles. The first kappa shape index (κ1) is 15.0. The third-order valence-electron chi connectivity index (χ3n) is 3.00. The molecule has 0 aliphatic carbocycles. The van der Waals surface area contributed by atoms with E-state index < -0.39 is 0 Å². The van der Waals surface area contributed by atoms with E-state index >= 15 is 0 Å². The molecule has 0 spiro atoms. The molecule has 0 N–H and O–H groups in total. The zero-order valence-electron chi connectivity index (χ0n) is 11.4. The second-order valence-corrected chi connectivity index (χ2v) is 5.86. The number of ether oxygens (including phenoxy) is 1. The Morgan fingerprint density at radius 1 is 1.05 bits per heavy atom. The molecule has 0 aromatic heterocycles. The highest BCUT2D eigenvalue weighted by Crippen LogP contribution is 2.14. The monoisotopic (exact) mass is 380 g/mol. The van der Waals surface area contributed by atoms with Gasteiger partial charge in [-0.05, 0) is 58.8 Å². The number of aryl methyl sites for hydroxylation is 1. The zero-order chi connectivity index (χ0) is 14.4. The normalized spacial score (nSPS) is 10.3. The Balaban J connectivity index is 1.91. The summed E-state index contributed by atoms with van der Waals surface area (Å²) in [6.07, 6.45) is 2.20. The van der Waals surface area contributed by atoms with Crippen molar-refractivity contribution in [2.45, 2.75) is 19.8 Å². The van der Waals surface area contributed by atoms with Crippen LogP contribution in [0.4, 0.5) is 0 Å². The third-order valence-corrected chi connectivity index (χ3v) is 3.72. The number of carbonyl (C=O) groups is 1. The SMILES string of the molecule is CCCc1ccc(OCC(=O)c2ccc(I)cc2)cc1. The van der Waals surface area contributed by atoms with Crippen molar-refractivity contribution in [3.8, 4) is 5.75 Å². The van der Waals surface area contributed by atoms with E-state index in [9.17, 15) is 4.79 Å². The fourth-order valence-electron chi connectivity index (χ4n) is 1.91. The molecule has 2 aromatic rings. The molecule has 2 aromatic carbocycles. The van der Waals surface area contributed by atoms with Gasteiger partial charge in [0.15, 0.2) is 12.4 Å². The number of rotatable bonds is 6. The van der Waals surface area contributed by atoms with Gasteiger partial charge in [0.1, 0.15) is 5.75 Å². The van der Waals surface area contributed by atoms with Crippen LogP contribution in [0, 0.1) is 3.57 Å². The van der Waals surface area contributed by atoms with Crippen molar-refractivity contribution in [1.29, 1.82) is 0 Å². The number of hydrogen-bond acceptors (Lipinski definition) is 2. The van der Waals surface area contributed by atoms with Crippen LogP contribution in [0.5, 0.6) is 5.75 Å². The summed E-state index contributed by atoms with van der Waals surface area (Å²) < 4.78 is 6.65. The molecule has 0 amide bonds. The maximum Gasteiger partial charge on any atom is 0.200 e. The van der Waals surface area contributed by atoms with Gasteiger partial charge in [0.05, 0.1) is 0 Å². The van der Waals surface area contributed by atoms with E-state index in [0.29, 0.717) is 5.56 Å². The predicted molar refractivity (Wildman–Crippen MR) is 89.4 cm³/mol. The van der Waals surface area contributed by atoms with E-state index in [1.54, 1.807) is 0 Å². The summed E-state index contributed by atoms with van der Waals surface area (Å²) in [7, 11) is 0. The molecule has 2 nitrogen and oxygen atoms in total. The van der Waals surface area contributed by atoms with Crippen LogP contribution in [-0.2, 0) is 6.42 Å². The molecule has 0 bridgehead atoms. The zero-order valence-corrected chi connectivity index (χ0v) is 13.6. The lowest BCUT2D eigenvalue weighted by atomic mass is 10.1. The van der Waals surface area contributed by atoms with Gasteiger partial charge in [-0.1, -0.05) is 37.6 Å². The van der Waals surface area contributed by atoms with Crippen LogP contribution in [0.2, 0.25) is 0 Å². The molecule has 2 rings (SSSR count). The van der Waals surface area contributed by atoms with E-state index in [4.69, 9.17) is 4.74 Å². The lowest BCUT2D eigenvalue weighted by Gasteiger charge is -2.06. The minimum Gasteiger partial charge on any atom is -0.485 e. The van der Waals surface area contributed by atoms with Crippen molar-refractivity contribution in [3.05, 3.63) is 63.2 Å². The lowest BCUT2D eigenvalue weighted by molar-refractivity contribution is 0.0921. The fourth-order valence-corrected chi connectivity index (χ4v) is 2.27. The first-order valence-corrected chi connectivity index (χ1v) is 7.77. The Hall–Kier alpha value is -1.36. The standard InChI is InChI=1S/C17H17IO2/c1-2-3-13-4-10-16(11-5-13)20-12-17(19)14-6-8-15(18)9-7-14/h4-11H,2-3,12H2,1H3. The third kappa shape index (κ3) is 4.34. The van der Waals surface area contributed by atoms with E-state index in [-0.39, 0.29) is 12.4 Å². The van der Waals surface area contributed by atoms with Crippen molar-refractivity contribution in [3.63, 3.8) is 0 Å². The number of benzene rings is 2. The van der Waals surface area contributed by atoms with Crippen molar-refractivity contribution in [2.24, 2.45) is 0 Å². The summed E-state index contributed by atoms with van der Waals surface area (Å²) in [6.45, 7) is 2.23. The molecule has 0 atom stereocenters. The smallest absolute Gasteiger partial charge is 0.200 e. The molecule has 0 saturated heterocycles. The first-order chi connectivity index (χ1) is 9.69. The van der Waals surface area contributed by atoms with Crippen LogP contribution in [0.1, 0.15) is 29.3 Å². The van der Waals surface area contributed by atoms with Gasteiger partial charge in [0, 0.05) is 9.13 Å². The summed E-state index contributed by atoms with van der Waals surface area (Å²) in [6, 6.07) is 15.5. The molecule has 0 unspecified atom stereocenters. The summed E-state index contributed by atoms with van der Waals surface area (Å²) in [5.74, 6) is 0.739. The van der Waals surface area contributed by atoms with E-state index in [0.717, 1.165) is 22.2 Å². The van der Waals surface area contributed by atoms with Gasteiger partial charge >= 0.3 is 0 Å². The van der Waals surface area contributed by atoms with Crippen molar-refractivity contribution in [2.75, 3.05) is 6.61 Å². The minimum absolute atomic E-state index is 0.000894. The van der Waals surface area contributed by atoms with E-state index in [1.807, 2.05) is 48.5 Å². The second kappa shape index (κ2) is 7.43. The Morgan fingerprint density at radius 3 is 2.30 bits per heavy atom. The highest BCUT2D eigenvalue weighted by atomic mass is 127. The quantitative estimate of drug-likeness (QED) is 0.545. The van der Waals surface area contributed by atoms with Gasteiger partial charge in [-0.3, -0.25) is 4.79 Å². The molecule has 104 valence electrons. The van der Waals surface area contributed by atoms with Gasteiger partial charge < -0.3 is 4.74 Å². The van der Waals surface area contributed by atoms with E-state index in [2.05, 4.69) is 29.5 Å². The summed E-state index contributed by atoms with van der Waals surface area (Å²) in [5, 5.41) is 0. The minimum atomic E-state index is -0.000894.